The summed E-state index contributed by atoms with van der Waals surface area (Å²) in [5, 5.41) is 31.2. The molecule has 1 aromatic rings. The van der Waals surface area contributed by atoms with Crippen molar-refractivity contribution in [1.82, 2.24) is 20.3 Å². The number of piperidine rings is 1. The van der Waals surface area contributed by atoms with Gasteiger partial charge in [-0.1, -0.05) is 12.8 Å². The molecular weight excluding hydrogens is 450 g/mol. The van der Waals surface area contributed by atoms with Crippen molar-refractivity contribution in [2.75, 3.05) is 29.0 Å². The quantitative estimate of drug-likeness (QED) is 0.186. The zero-order chi connectivity index (χ0) is 25.9. The van der Waals surface area contributed by atoms with E-state index in [1.54, 1.807) is 0 Å². The highest BCUT2D eigenvalue weighted by Crippen LogP contribution is 2.30. The first-order chi connectivity index (χ1) is 16.4. The molecule has 11 heteroatoms. The van der Waals surface area contributed by atoms with Gasteiger partial charge in [0.15, 0.2) is 0 Å². The summed E-state index contributed by atoms with van der Waals surface area (Å²) >= 11 is 0. The van der Waals surface area contributed by atoms with Gasteiger partial charge in [-0.3, -0.25) is 9.59 Å². The average Bonchev–Trinajstić information content (AvgIpc) is 2.70. The Balaban J connectivity index is 1.99. The second-order valence-corrected chi connectivity index (χ2v) is 10.7. The zero-order valence-corrected chi connectivity index (χ0v) is 21.6. The molecule has 1 saturated heterocycles. The summed E-state index contributed by atoms with van der Waals surface area (Å²) < 4.78 is 0. The van der Waals surface area contributed by atoms with Crippen LogP contribution < -0.4 is 21.3 Å². The highest BCUT2D eigenvalue weighted by Gasteiger charge is 2.37. The molecule has 0 aliphatic carbocycles. The van der Waals surface area contributed by atoms with Crippen LogP contribution in [-0.4, -0.2) is 67.3 Å². The maximum Gasteiger partial charge on any atom is 0.303 e. The van der Waals surface area contributed by atoms with E-state index in [4.69, 9.17) is 10.2 Å². The van der Waals surface area contributed by atoms with Crippen LogP contribution in [0.5, 0.6) is 0 Å². The molecule has 0 amide bonds. The molecule has 35 heavy (non-hydrogen) atoms. The number of hydrogen-bond acceptors (Lipinski definition) is 9. The summed E-state index contributed by atoms with van der Waals surface area (Å²) in [5.74, 6) is -0.0773. The Hall–Kier alpha value is -2.69. The van der Waals surface area contributed by atoms with Crippen molar-refractivity contribution in [3.63, 3.8) is 0 Å². The molecule has 1 aromatic heterocycles. The van der Waals surface area contributed by atoms with Gasteiger partial charge in [0.1, 0.15) is 0 Å². The Morgan fingerprint density at radius 3 is 1.63 bits per heavy atom. The Morgan fingerprint density at radius 1 is 0.771 bits per heavy atom. The first-order valence-electron chi connectivity index (χ1n) is 12.7. The molecule has 6 N–H and O–H groups in total. The fourth-order valence-corrected chi connectivity index (χ4v) is 4.76. The maximum absolute atomic E-state index is 10.7. The van der Waals surface area contributed by atoms with Gasteiger partial charge < -0.3 is 31.5 Å². The predicted molar refractivity (Wildman–Crippen MR) is 137 cm³/mol. The van der Waals surface area contributed by atoms with Crippen LogP contribution in [-0.2, 0) is 9.59 Å². The molecule has 0 bridgehead atoms. The van der Waals surface area contributed by atoms with E-state index in [0.29, 0.717) is 43.8 Å². The standard InChI is InChI=1S/C24H43N7O4/c1-23(2)15-17(16-24(3,4)31-23)27-22-29-20(25-13-9-5-7-11-18(32)33)28-21(30-22)26-14-10-6-8-12-19(34)35/h17,31H,5-16H2,1-4H3,(H,32,33)(H,34,35)(H3,25,26,27,28,29,30). The van der Waals surface area contributed by atoms with Crippen molar-refractivity contribution < 1.29 is 19.8 Å². The lowest BCUT2D eigenvalue weighted by Crippen LogP contribution is -2.60. The number of aliphatic carboxylic acids is 2. The molecule has 1 aliphatic rings. The lowest BCUT2D eigenvalue weighted by molar-refractivity contribution is -0.138. The molecule has 1 fully saturated rings. The predicted octanol–water partition coefficient (Wildman–Crippen LogP) is 3.71. The smallest absolute Gasteiger partial charge is 0.303 e. The number of hydrogen-bond donors (Lipinski definition) is 6. The zero-order valence-electron chi connectivity index (χ0n) is 21.6. The molecule has 198 valence electrons. The van der Waals surface area contributed by atoms with Crippen LogP contribution in [0.15, 0.2) is 0 Å². The number of nitrogens with one attached hydrogen (secondary N) is 4. The van der Waals surface area contributed by atoms with Crippen LogP contribution in [0.2, 0.25) is 0 Å². The Morgan fingerprint density at radius 2 is 1.20 bits per heavy atom. The Bertz CT molecular complexity index is 772. The van der Waals surface area contributed by atoms with Crippen LogP contribution >= 0.6 is 0 Å². The highest BCUT2D eigenvalue weighted by molar-refractivity contribution is 5.66. The van der Waals surface area contributed by atoms with E-state index in [2.05, 4.69) is 63.9 Å². The van der Waals surface area contributed by atoms with Gasteiger partial charge in [0, 0.05) is 43.1 Å². The Kier molecular flexibility index (Phi) is 10.9. The van der Waals surface area contributed by atoms with E-state index >= 15 is 0 Å². The van der Waals surface area contributed by atoms with Crippen LogP contribution in [0.3, 0.4) is 0 Å². The van der Waals surface area contributed by atoms with E-state index < -0.39 is 11.9 Å². The van der Waals surface area contributed by atoms with Gasteiger partial charge in [0.2, 0.25) is 17.8 Å². The third kappa shape index (κ3) is 12.0. The molecule has 0 spiro atoms. The Labute approximate surface area is 208 Å². The van der Waals surface area contributed by atoms with Crippen molar-refractivity contribution in [1.29, 1.82) is 0 Å². The van der Waals surface area contributed by atoms with E-state index in [0.717, 1.165) is 38.5 Å². The van der Waals surface area contributed by atoms with Gasteiger partial charge in [0.25, 0.3) is 0 Å². The van der Waals surface area contributed by atoms with Crippen molar-refractivity contribution in [3.8, 4) is 0 Å². The number of nitrogens with zero attached hydrogens (tertiary/aromatic N) is 3. The molecular formula is C24H43N7O4. The molecule has 0 unspecified atom stereocenters. The minimum atomic E-state index is -0.769. The van der Waals surface area contributed by atoms with E-state index in [-0.39, 0.29) is 30.0 Å². The molecule has 0 atom stereocenters. The summed E-state index contributed by atoms with van der Waals surface area (Å²) in [6.45, 7) is 10.1. The van der Waals surface area contributed by atoms with E-state index in [1.807, 2.05) is 0 Å². The lowest BCUT2D eigenvalue weighted by Gasteiger charge is -2.46. The highest BCUT2D eigenvalue weighted by atomic mass is 16.4. The third-order valence-electron chi connectivity index (χ3n) is 5.86. The molecule has 2 heterocycles. The fourth-order valence-electron chi connectivity index (χ4n) is 4.76. The first-order valence-corrected chi connectivity index (χ1v) is 12.7. The van der Waals surface area contributed by atoms with E-state index in [9.17, 15) is 9.59 Å². The van der Waals surface area contributed by atoms with Crippen molar-refractivity contribution >= 4 is 29.8 Å². The SMILES string of the molecule is CC1(C)CC(Nc2nc(NCCCCCC(=O)O)nc(NCCCCCC(=O)O)n2)CC(C)(C)N1. The second kappa shape index (κ2) is 13.4. The first kappa shape index (κ1) is 28.5. The molecule has 0 saturated carbocycles. The normalized spacial score (nSPS) is 17.0. The van der Waals surface area contributed by atoms with Gasteiger partial charge in [-0.25, -0.2) is 0 Å². The number of carboxylic acids is 2. The average molecular weight is 494 g/mol. The fraction of sp³-hybridized carbons (Fsp3) is 0.792. The number of carboxylic acid groups (broad SMARTS) is 2. The summed E-state index contributed by atoms with van der Waals surface area (Å²) in [6.07, 6.45) is 6.81. The second-order valence-electron chi connectivity index (χ2n) is 10.7. The summed E-state index contributed by atoms with van der Waals surface area (Å²) in [5.41, 5.74) is -0.0268. The van der Waals surface area contributed by atoms with Crippen LogP contribution in [0.1, 0.15) is 91.9 Å². The molecule has 0 radical (unpaired) electrons. The topological polar surface area (TPSA) is 161 Å². The summed E-state index contributed by atoms with van der Waals surface area (Å²) in [6, 6.07) is 0.205. The van der Waals surface area contributed by atoms with Crippen LogP contribution in [0.25, 0.3) is 0 Å². The van der Waals surface area contributed by atoms with Gasteiger partial charge >= 0.3 is 11.9 Å². The van der Waals surface area contributed by atoms with Crippen LogP contribution in [0.4, 0.5) is 17.8 Å². The number of anilines is 3. The van der Waals surface area contributed by atoms with Gasteiger partial charge in [-0.2, -0.15) is 15.0 Å². The molecule has 1 aliphatic heterocycles. The number of rotatable bonds is 16. The van der Waals surface area contributed by atoms with Crippen molar-refractivity contribution in [3.05, 3.63) is 0 Å². The maximum atomic E-state index is 10.7. The molecule has 0 aromatic carbocycles. The monoisotopic (exact) mass is 493 g/mol. The largest absolute Gasteiger partial charge is 0.481 e. The molecule has 11 nitrogen and oxygen atoms in total. The lowest BCUT2D eigenvalue weighted by atomic mass is 9.80. The van der Waals surface area contributed by atoms with E-state index in [1.165, 1.54) is 0 Å². The van der Waals surface area contributed by atoms with Crippen molar-refractivity contribution in [2.24, 2.45) is 0 Å². The molecule has 2 rings (SSSR count). The summed E-state index contributed by atoms with van der Waals surface area (Å²) in [7, 11) is 0. The van der Waals surface area contributed by atoms with Crippen LogP contribution in [0, 0.1) is 0 Å². The van der Waals surface area contributed by atoms with Gasteiger partial charge in [0.05, 0.1) is 0 Å². The number of unbranched alkanes of at least 4 members (excludes halogenated alkanes) is 4. The van der Waals surface area contributed by atoms with Gasteiger partial charge in [-0.15, -0.1) is 0 Å². The minimum absolute atomic E-state index is 0.0134. The number of carbonyl (C=O) groups is 2. The minimum Gasteiger partial charge on any atom is -0.481 e. The van der Waals surface area contributed by atoms with Gasteiger partial charge in [-0.05, 0) is 66.2 Å². The summed E-state index contributed by atoms with van der Waals surface area (Å²) in [4.78, 5) is 35.0. The number of aromatic nitrogens is 3. The van der Waals surface area contributed by atoms with Crippen molar-refractivity contribution in [2.45, 2.75) is 109 Å². The third-order valence-corrected chi connectivity index (χ3v) is 5.86.